The molecule has 0 saturated heterocycles. The lowest BCUT2D eigenvalue weighted by Gasteiger charge is -2.13. The maximum absolute atomic E-state index is 4.66. The van der Waals surface area contributed by atoms with E-state index in [9.17, 15) is 0 Å². The van der Waals surface area contributed by atoms with Crippen molar-refractivity contribution in [1.29, 1.82) is 0 Å². The number of aromatic nitrogens is 5. The van der Waals surface area contributed by atoms with Gasteiger partial charge in [0.05, 0.1) is 17.4 Å². The lowest BCUT2D eigenvalue weighted by molar-refractivity contribution is 0.536. The molecule has 1 aromatic carbocycles. The molecule has 21 heavy (non-hydrogen) atoms. The number of likely N-dealkylation sites (N-methyl/N-ethyl adjacent to an activating group) is 1. The number of hydrogen-bond acceptors (Lipinski definition) is 4. The Labute approximate surface area is 123 Å². The SMILES string of the molecule is CNC(Cc1ncnn1C)c1ccn(-c2ccccc2)n1. The second-order valence-corrected chi connectivity index (χ2v) is 4.87. The Morgan fingerprint density at radius 1 is 1.19 bits per heavy atom. The Bertz CT molecular complexity index is 700. The van der Waals surface area contributed by atoms with Gasteiger partial charge in [0.1, 0.15) is 12.2 Å². The summed E-state index contributed by atoms with van der Waals surface area (Å²) in [7, 11) is 3.83. The van der Waals surface area contributed by atoms with E-state index < -0.39 is 0 Å². The van der Waals surface area contributed by atoms with Crippen LogP contribution in [0.1, 0.15) is 17.6 Å². The van der Waals surface area contributed by atoms with Crippen molar-refractivity contribution in [3.8, 4) is 5.69 Å². The quantitative estimate of drug-likeness (QED) is 0.770. The second kappa shape index (κ2) is 5.88. The van der Waals surface area contributed by atoms with E-state index in [-0.39, 0.29) is 6.04 Å². The maximum Gasteiger partial charge on any atom is 0.138 e. The average Bonchev–Trinajstić information content (AvgIpc) is 3.15. The molecular weight excluding hydrogens is 264 g/mol. The fourth-order valence-corrected chi connectivity index (χ4v) is 2.29. The number of benzene rings is 1. The van der Waals surface area contributed by atoms with Gasteiger partial charge in [-0.2, -0.15) is 10.2 Å². The topological polar surface area (TPSA) is 60.6 Å². The van der Waals surface area contributed by atoms with Gasteiger partial charge in [0.15, 0.2) is 0 Å². The minimum Gasteiger partial charge on any atom is -0.311 e. The first-order valence-electron chi connectivity index (χ1n) is 6.89. The summed E-state index contributed by atoms with van der Waals surface area (Å²) in [6.07, 6.45) is 4.30. The Balaban J connectivity index is 1.82. The smallest absolute Gasteiger partial charge is 0.138 e. The highest BCUT2D eigenvalue weighted by Crippen LogP contribution is 2.16. The van der Waals surface area contributed by atoms with Crippen LogP contribution in [0.2, 0.25) is 0 Å². The van der Waals surface area contributed by atoms with E-state index >= 15 is 0 Å². The van der Waals surface area contributed by atoms with Crippen LogP contribution in [0.4, 0.5) is 0 Å². The zero-order valence-corrected chi connectivity index (χ0v) is 12.1. The Morgan fingerprint density at radius 2 is 2.00 bits per heavy atom. The molecule has 0 aliphatic carbocycles. The molecule has 0 aliphatic rings. The zero-order valence-electron chi connectivity index (χ0n) is 12.1. The van der Waals surface area contributed by atoms with Crippen LogP contribution in [0.15, 0.2) is 48.9 Å². The van der Waals surface area contributed by atoms with Gasteiger partial charge in [-0.1, -0.05) is 18.2 Å². The molecule has 0 radical (unpaired) electrons. The van der Waals surface area contributed by atoms with E-state index in [0.29, 0.717) is 0 Å². The van der Waals surface area contributed by atoms with Crippen molar-refractivity contribution >= 4 is 0 Å². The highest BCUT2D eigenvalue weighted by atomic mass is 15.3. The van der Waals surface area contributed by atoms with E-state index in [2.05, 4.69) is 20.5 Å². The summed E-state index contributed by atoms with van der Waals surface area (Å²) in [4.78, 5) is 4.27. The van der Waals surface area contributed by atoms with Crippen molar-refractivity contribution in [3.05, 3.63) is 60.4 Å². The van der Waals surface area contributed by atoms with Crippen molar-refractivity contribution in [2.45, 2.75) is 12.5 Å². The molecule has 0 amide bonds. The van der Waals surface area contributed by atoms with E-state index in [1.165, 1.54) is 0 Å². The normalized spacial score (nSPS) is 12.5. The molecule has 0 fully saturated rings. The molecule has 6 heteroatoms. The third kappa shape index (κ3) is 2.85. The molecule has 108 valence electrons. The van der Waals surface area contributed by atoms with Crippen LogP contribution in [0.5, 0.6) is 0 Å². The van der Waals surface area contributed by atoms with Gasteiger partial charge < -0.3 is 5.32 Å². The average molecular weight is 282 g/mol. The Kier molecular flexibility index (Phi) is 3.79. The lowest BCUT2D eigenvalue weighted by atomic mass is 10.1. The van der Waals surface area contributed by atoms with Crippen molar-refractivity contribution in [2.75, 3.05) is 7.05 Å². The van der Waals surface area contributed by atoms with E-state index in [0.717, 1.165) is 23.6 Å². The van der Waals surface area contributed by atoms with Gasteiger partial charge in [-0.15, -0.1) is 0 Å². The molecule has 1 unspecified atom stereocenters. The molecule has 0 bridgehead atoms. The summed E-state index contributed by atoms with van der Waals surface area (Å²) in [5.74, 6) is 0.934. The molecule has 0 aliphatic heterocycles. The molecule has 3 rings (SSSR count). The van der Waals surface area contributed by atoms with Gasteiger partial charge in [-0.05, 0) is 25.2 Å². The van der Waals surface area contributed by atoms with Crippen molar-refractivity contribution in [1.82, 2.24) is 29.9 Å². The van der Waals surface area contributed by atoms with Crippen LogP contribution in [-0.2, 0) is 13.5 Å². The van der Waals surface area contributed by atoms with Crippen LogP contribution in [0, 0.1) is 0 Å². The summed E-state index contributed by atoms with van der Waals surface area (Å²) in [5, 5.41) is 12.1. The number of para-hydroxylation sites is 1. The van der Waals surface area contributed by atoms with E-state index in [1.54, 1.807) is 11.0 Å². The highest BCUT2D eigenvalue weighted by molar-refractivity contribution is 5.30. The van der Waals surface area contributed by atoms with Crippen molar-refractivity contribution in [3.63, 3.8) is 0 Å². The summed E-state index contributed by atoms with van der Waals surface area (Å²) in [5.41, 5.74) is 2.04. The molecule has 1 atom stereocenters. The Morgan fingerprint density at radius 3 is 2.67 bits per heavy atom. The third-order valence-corrected chi connectivity index (χ3v) is 3.53. The minimum absolute atomic E-state index is 0.109. The number of hydrogen-bond donors (Lipinski definition) is 1. The predicted octanol–water partition coefficient (Wildman–Crippen LogP) is 1.50. The standard InChI is InChI=1S/C15H18N6/c1-16-14(10-15-17-11-18-20(15)2)13-8-9-21(19-13)12-6-4-3-5-7-12/h3-9,11,14,16H,10H2,1-2H3. The van der Waals surface area contributed by atoms with E-state index in [1.807, 2.05) is 61.4 Å². The van der Waals surface area contributed by atoms with Gasteiger partial charge in [0, 0.05) is 19.7 Å². The van der Waals surface area contributed by atoms with Gasteiger partial charge in [0.2, 0.25) is 0 Å². The zero-order chi connectivity index (χ0) is 14.7. The number of aryl methyl sites for hydroxylation is 1. The van der Waals surface area contributed by atoms with Gasteiger partial charge >= 0.3 is 0 Å². The van der Waals surface area contributed by atoms with Crippen LogP contribution >= 0.6 is 0 Å². The predicted molar refractivity (Wildman–Crippen MR) is 80.1 cm³/mol. The van der Waals surface area contributed by atoms with Crippen molar-refractivity contribution < 1.29 is 0 Å². The largest absolute Gasteiger partial charge is 0.311 e. The molecule has 2 heterocycles. The van der Waals surface area contributed by atoms with E-state index in [4.69, 9.17) is 0 Å². The molecule has 2 aromatic heterocycles. The fourth-order valence-electron chi connectivity index (χ4n) is 2.29. The third-order valence-electron chi connectivity index (χ3n) is 3.53. The Hall–Kier alpha value is -2.47. The summed E-state index contributed by atoms with van der Waals surface area (Å²) in [6.45, 7) is 0. The maximum atomic E-state index is 4.66. The molecule has 0 saturated carbocycles. The first-order valence-corrected chi connectivity index (χ1v) is 6.89. The molecular formula is C15H18N6. The summed E-state index contributed by atoms with van der Waals surface area (Å²) >= 11 is 0. The minimum atomic E-state index is 0.109. The van der Waals surface area contributed by atoms with Gasteiger partial charge in [0.25, 0.3) is 0 Å². The first-order chi connectivity index (χ1) is 10.3. The van der Waals surface area contributed by atoms with Crippen LogP contribution < -0.4 is 5.32 Å². The number of nitrogens with zero attached hydrogens (tertiary/aromatic N) is 5. The lowest BCUT2D eigenvalue weighted by Crippen LogP contribution is -2.21. The monoisotopic (exact) mass is 282 g/mol. The fraction of sp³-hybridized carbons (Fsp3) is 0.267. The molecule has 3 aromatic rings. The van der Waals surface area contributed by atoms with Gasteiger partial charge in [-0.25, -0.2) is 9.67 Å². The first kappa shape index (κ1) is 13.5. The molecule has 0 spiro atoms. The number of nitrogens with one attached hydrogen (secondary N) is 1. The number of rotatable bonds is 5. The van der Waals surface area contributed by atoms with Crippen LogP contribution in [-0.4, -0.2) is 31.6 Å². The molecule has 1 N–H and O–H groups in total. The molecule has 6 nitrogen and oxygen atoms in total. The summed E-state index contributed by atoms with van der Waals surface area (Å²) in [6, 6.07) is 12.2. The van der Waals surface area contributed by atoms with Crippen LogP contribution in [0.25, 0.3) is 5.69 Å². The second-order valence-electron chi connectivity index (χ2n) is 4.87. The van der Waals surface area contributed by atoms with Crippen LogP contribution in [0.3, 0.4) is 0 Å². The summed E-state index contributed by atoms with van der Waals surface area (Å²) < 4.78 is 3.68. The highest BCUT2D eigenvalue weighted by Gasteiger charge is 2.16. The van der Waals surface area contributed by atoms with Crippen molar-refractivity contribution in [2.24, 2.45) is 7.05 Å². The van der Waals surface area contributed by atoms with Gasteiger partial charge in [-0.3, -0.25) is 4.68 Å².